The number of nitro groups is 1. The fourth-order valence-electron chi connectivity index (χ4n) is 2.23. The number of ether oxygens (including phenoxy) is 1. The van der Waals surface area contributed by atoms with E-state index in [1.54, 1.807) is 19.2 Å². The lowest BCUT2D eigenvalue weighted by Crippen LogP contribution is -2.14. The lowest BCUT2D eigenvalue weighted by Gasteiger charge is -2.09. The summed E-state index contributed by atoms with van der Waals surface area (Å²) in [5, 5.41) is 14.2. The van der Waals surface area contributed by atoms with Gasteiger partial charge in [-0.25, -0.2) is 0 Å². The topological polar surface area (TPSA) is 64.4 Å². The Balaban J connectivity index is 1.99. The first-order valence-corrected chi connectivity index (χ1v) is 6.68. The van der Waals surface area contributed by atoms with Crippen molar-refractivity contribution in [2.75, 3.05) is 7.11 Å². The molecule has 0 heterocycles. The average Bonchev–Trinajstić information content (AvgIpc) is 2.48. The fraction of sp³-hybridized carbons (Fsp3) is 0.250. The molecular weight excluding hydrogens is 268 g/mol. The van der Waals surface area contributed by atoms with Crippen molar-refractivity contribution in [2.24, 2.45) is 0 Å². The van der Waals surface area contributed by atoms with Crippen LogP contribution < -0.4 is 10.1 Å². The predicted molar refractivity (Wildman–Crippen MR) is 81.4 cm³/mol. The van der Waals surface area contributed by atoms with Gasteiger partial charge in [0, 0.05) is 24.7 Å². The maximum absolute atomic E-state index is 10.9. The molecule has 0 fully saturated rings. The highest BCUT2D eigenvalue weighted by atomic mass is 16.6. The zero-order chi connectivity index (χ0) is 15.2. The highest BCUT2D eigenvalue weighted by Gasteiger charge is 2.11. The standard InChI is InChI=1S/C16H18N2O3/c1-12-9-13(7-8-16(12)21-2)10-17-11-14-5-3-4-6-15(14)18(19)20/h3-9,17H,10-11H2,1-2H3. The molecular formula is C16H18N2O3. The highest BCUT2D eigenvalue weighted by molar-refractivity contribution is 5.40. The zero-order valence-electron chi connectivity index (χ0n) is 12.1. The number of nitro benzene ring substituents is 1. The molecule has 0 aliphatic rings. The Kier molecular flexibility index (Phi) is 4.90. The molecule has 0 atom stereocenters. The van der Waals surface area contributed by atoms with Crippen LogP contribution in [0.3, 0.4) is 0 Å². The third-order valence-electron chi connectivity index (χ3n) is 3.29. The zero-order valence-corrected chi connectivity index (χ0v) is 12.1. The van der Waals surface area contributed by atoms with Crippen molar-refractivity contribution in [2.45, 2.75) is 20.0 Å². The van der Waals surface area contributed by atoms with Crippen molar-refractivity contribution in [1.82, 2.24) is 5.32 Å². The number of aryl methyl sites for hydroxylation is 1. The Labute approximate surface area is 123 Å². The van der Waals surface area contributed by atoms with Crippen molar-refractivity contribution in [3.63, 3.8) is 0 Å². The van der Waals surface area contributed by atoms with Crippen LogP contribution in [0.1, 0.15) is 16.7 Å². The lowest BCUT2D eigenvalue weighted by molar-refractivity contribution is -0.385. The molecule has 5 nitrogen and oxygen atoms in total. The highest BCUT2D eigenvalue weighted by Crippen LogP contribution is 2.19. The van der Waals surface area contributed by atoms with Gasteiger partial charge in [-0.1, -0.05) is 30.3 Å². The van der Waals surface area contributed by atoms with E-state index >= 15 is 0 Å². The van der Waals surface area contributed by atoms with E-state index < -0.39 is 0 Å². The van der Waals surface area contributed by atoms with Crippen LogP contribution in [0.5, 0.6) is 5.75 Å². The number of nitrogens with one attached hydrogen (secondary N) is 1. The lowest BCUT2D eigenvalue weighted by atomic mass is 10.1. The molecule has 0 aliphatic carbocycles. The molecule has 2 aromatic carbocycles. The van der Waals surface area contributed by atoms with Gasteiger partial charge in [-0.3, -0.25) is 10.1 Å². The molecule has 5 heteroatoms. The first kappa shape index (κ1) is 15.0. The van der Waals surface area contributed by atoms with Crippen LogP contribution in [0.15, 0.2) is 42.5 Å². The number of hydrogen-bond acceptors (Lipinski definition) is 4. The van der Waals surface area contributed by atoms with Crippen LogP contribution in [0.2, 0.25) is 0 Å². The van der Waals surface area contributed by atoms with Gasteiger partial charge in [0.1, 0.15) is 5.75 Å². The van der Waals surface area contributed by atoms with Crippen molar-refractivity contribution in [3.05, 3.63) is 69.3 Å². The number of methoxy groups -OCH3 is 1. The van der Waals surface area contributed by atoms with Gasteiger partial charge in [-0.15, -0.1) is 0 Å². The van der Waals surface area contributed by atoms with Crippen LogP contribution in [0.4, 0.5) is 5.69 Å². The molecule has 2 rings (SSSR count). The smallest absolute Gasteiger partial charge is 0.273 e. The summed E-state index contributed by atoms with van der Waals surface area (Å²) in [5.74, 6) is 0.859. The fourth-order valence-corrected chi connectivity index (χ4v) is 2.23. The molecule has 0 aliphatic heterocycles. The Hall–Kier alpha value is -2.40. The minimum atomic E-state index is -0.353. The SMILES string of the molecule is COc1ccc(CNCc2ccccc2[N+](=O)[O-])cc1C. The summed E-state index contributed by atoms with van der Waals surface area (Å²) < 4.78 is 5.22. The first-order chi connectivity index (χ1) is 10.1. The Bertz CT molecular complexity index is 641. The third-order valence-corrected chi connectivity index (χ3v) is 3.29. The predicted octanol–water partition coefficient (Wildman–Crippen LogP) is 3.20. The van der Waals surface area contributed by atoms with E-state index in [2.05, 4.69) is 5.32 Å². The van der Waals surface area contributed by atoms with Crippen molar-refractivity contribution in [3.8, 4) is 5.75 Å². The van der Waals surface area contributed by atoms with Gasteiger partial charge in [-0.05, 0) is 24.1 Å². The van der Waals surface area contributed by atoms with Gasteiger partial charge >= 0.3 is 0 Å². The minimum absolute atomic E-state index is 0.149. The Morgan fingerprint density at radius 3 is 2.62 bits per heavy atom. The summed E-state index contributed by atoms with van der Waals surface area (Å²) >= 11 is 0. The van der Waals surface area contributed by atoms with Gasteiger partial charge in [0.15, 0.2) is 0 Å². The Morgan fingerprint density at radius 1 is 1.19 bits per heavy atom. The molecule has 0 radical (unpaired) electrons. The van der Waals surface area contributed by atoms with Crippen LogP contribution in [0, 0.1) is 17.0 Å². The normalized spacial score (nSPS) is 10.4. The van der Waals surface area contributed by atoms with E-state index in [4.69, 9.17) is 4.74 Å². The molecule has 0 saturated heterocycles. The molecule has 1 N–H and O–H groups in total. The summed E-state index contributed by atoms with van der Waals surface area (Å²) in [6.07, 6.45) is 0. The van der Waals surface area contributed by atoms with Crippen LogP contribution in [0.25, 0.3) is 0 Å². The van der Waals surface area contributed by atoms with Crippen molar-refractivity contribution < 1.29 is 9.66 Å². The molecule has 21 heavy (non-hydrogen) atoms. The first-order valence-electron chi connectivity index (χ1n) is 6.68. The molecule has 110 valence electrons. The minimum Gasteiger partial charge on any atom is -0.496 e. The summed E-state index contributed by atoms with van der Waals surface area (Å²) in [6, 6.07) is 12.7. The van der Waals surface area contributed by atoms with E-state index in [0.29, 0.717) is 18.7 Å². The molecule has 0 bridgehead atoms. The molecule has 0 spiro atoms. The van der Waals surface area contributed by atoms with Gasteiger partial charge in [0.05, 0.1) is 12.0 Å². The largest absolute Gasteiger partial charge is 0.496 e. The molecule has 0 amide bonds. The van der Waals surface area contributed by atoms with Gasteiger partial charge in [-0.2, -0.15) is 0 Å². The maximum atomic E-state index is 10.9. The third kappa shape index (κ3) is 3.79. The van der Waals surface area contributed by atoms with E-state index in [-0.39, 0.29) is 10.6 Å². The molecule has 0 saturated carbocycles. The van der Waals surface area contributed by atoms with Crippen LogP contribution in [-0.2, 0) is 13.1 Å². The van der Waals surface area contributed by atoms with Crippen molar-refractivity contribution in [1.29, 1.82) is 0 Å². The van der Waals surface area contributed by atoms with Gasteiger partial charge in [0.25, 0.3) is 5.69 Å². The number of hydrogen-bond donors (Lipinski definition) is 1. The monoisotopic (exact) mass is 286 g/mol. The molecule has 2 aromatic rings. The Morgan fingerprint density at radius 2 is 1.95 bits per heavy atom. The van der Waals surface area contributed by atoms with E-state index in [9.17, 15) is 10.1 Å². The summed E-state index contributed by atoms with van der Waals surface area (Å²) in [7, 11) is 1.65. The molecule has 0 aromatic heterocycles. The summed E-state index contributed by atoms with van der Waals surface area (Å²) in [4.78, 5) is 10.6. The van der Waals surface area contributed by atoms with E-state index in [1.165, 1.54) is 6.07 Å². The number of nitrogens with zero attached hydrogens (tertiary/aromatic N) is 1. The second-order valence-electron chi connectivity index (χ2n) is 4.79. The second kappa shape index (κ2) is 6.85. The second-order valence-corrected chi connectivity index (χ2v) is 4.79. The molecule has 0 unspecified atom stereocenters. The number of rotatable bonds is 6. The van der Waals surface area contributed by atoms with Gasteiger partial charge in [0.2, 0.25) is 0 Å². The maximum Gasteiger partial charge on any atom is 0.273 e. The van der Waals surface area contributed by atoms with Crippen LogP contribution >= 0.6 is 0 Å². The average molecular weight is 286 g/mol. The quantitative estimate of drug-likeness (QED) is 0.654. The van der Waals surface area contributed by atoms with E-state index in [0.717, 1.165) is 16.9 Å². The number of benzene rings is 2. The van der Waals surface area contributed by atoms with E-state index in [1.807, 2.05) is 31.2 Å². The summed E-state index contributed by atoms with van der Waals surface area (Å²) in [5.41, 5.74) is 3.03. The van der Waals surface area contributed by atoms with Crippen molar-refractivity contribution >= 4 is 5.69 Å². The summed E-state index contributed by atoms with van der Waals surface area (Å²) in [6.45, 7) is 3.10. The van der Waals surface area contributed by atoms with Gasteiger partial charge < -0.3 is 10.1 Å². The number of para-hydroxylation sites is 1. The van der Waals surface area contributed by atoms with Crippen LogP contribution in [-0.4, -0.2) is 12.0 Å².